The number of aromatic nitrogens is 2. The zero-order chi connectivity index (χ0) is 21.3. The third kappa shape index (κ3) is 4.57. The van der Waals surface area contributed by atoms with Gasteiger partial charge in [0.25, 0.3) is 0 Å². The van der Waals surface area contributed by atoms with Gasteiger partial charge in [0.05, 0.1) is 5.52 Å². The third-order valence-electron chi connectivity index (χ3n) is 5.45. The van der Waals surface area contributed by atoms with Crippen molar-refractivity contribution in [3.05, 3.63) is 59.3 Å². The Morgan fingerprint density at radius 2 is 1.87 bits per heavy atom. The lowest BCUT2D eigenvalue weighted by Crippen LogP contribution is -2.22. The van der Waals surface area contributed by atoms with Crippen LogP contribution in [0.4, 0.5) is 0 Å². The molecular weight excluding hydrogens is 396 g/mol. The first-order valence-electron chi connectivity index (χ1n) is 10.4. The van der Waals surface area contributed by atoms with E-state index < -0.39 is 14.0 Å². The summed E-state index contributed by atoms with van der Waals surface area (Å²) in [6.45, 7) is 7.79. The maximum atomic E-state index is 11.7. The number of ether oxygens (including phenoxy) is 2. The van der Waals surface area contributed by atoms with Gasteiger partial charge in [-0.05, 0) is 35.4 Å². The Labute approximate surface area is 177 Å². The van der Waals surface area contributed by atoms with Crippen molar-refractivity contribution in [2.24, 2.45) is 0 Å². The van der Waals surface area contributed by atoms with Crippen LogP contribution >= 0.6 is 0 Å². The van der Waals surface area contributed by atoms with Crippen molar-refractivity contribution in [3.8, 4) is 5.75 Å². The molecule has 7 heteroatoms. The summed E-state index contributed by atoms with van der Waals surface area (Å²) in [5.41, 5.74) is 3.40. The molecule has 0 unspecified atom stereocenters. The summed E-state index contributed by atoms with van der Waals surface area (Å²) in [5, 5.41) is 14.5. The zero-order valence-electron chi connectivity index (χ0n) is 17.7. The van der Waals surface area contributed by atoms with Gasteiger partial charge in [-0.1, -0.05) is 43.9 Å². The minimum Gasteiger partial charge on any atom is -0.490 e. The molecule has 1 aromatic heterocycles. The van der Waals surface area contributed by atoms with Crippen molar-refractivity contribution in [2.75, 3.05) is 6.61 Å². The van der Waals surface area contributed by atoms with E-state index in [0.717, 1.165) is 24.4 Å². The van der Waals surface area contributed by atoms with E-state index in [1.807, 2.05) is 24.3 Å². The average molecular weight is 425 g/mol. The van der Waals surface area contributed by atoms with Crippen LogP contribution in [-0.2, 0) is 24.3 Å². The highest BCUT2D eigenvalue weighted by Crippen LogP contribution is 2.29. The second-order valence-corrected chi connectivity index (χ2v) is 14.7. The Balaban J connectivity index is 1.50. The van der Waals surface area contributed by atoms with Crippen LogP contribution in [0.5, 0.6) is 5.75 Å². The molecule has 30 heavy (non-hydrogen) atoms. The van der Waals surface area contributed by atoms with E-state index in [1.54, 1.807) is 10.7 Å². The van der Waals surface area contributed by atoms with E-state index in [2.05, 4.69) is 36.9 Å². The van der Waals surface area contributed by atoms with Gasteiger partial charge in [0.2, 0.25) is 0 Å². The van der Waals surface area contributed by atoms with E-state index in [4.69, 9.17) is 9.47 Å². The summed E-state index contributed by atoms with van der Waals surface area (Å²) >= 11 is 0. The van der Waals surface area contributed by atoms with Gasteiger partial charge in [-0.15, -0.1) is 0 Å². The van der Waals surface area contributed by atoms with Crippen molar-refractivity contribution >= 4 is 24.9 Å². The van der Waals surface area contributed by atoms with E-state index in [1.165, 1.54) is 11.1 Å². The molecule has 1 heterocycles. The predicted molar refractivity (Wildman–Crippen MR) is 119 cm³/mol. The number of hydrogen-bond acceptors (Lipinski definition) is 4. The molecule has 0 saturated carbocycles. The molecule has 1 N–H and O–H groups in total. The van der Waals surface area contributed by atoms with Gasteiger partial charge >= 0.3 is 5.97 Å². The highest BCUT2D eigenvalue weighted by atomic mass is 28.3. The van der Waals surface area contributed by atoms with Gasteiger partial charge in [-0.3, -0.25) is 0 Å². The number of carboxylic acid groups (broad SMARTS) is 1. The molecule has 0 fully saturated rings. The first-order valence-corrected chi connectivity index (χ1v) is 14.1. The number of carboxylic acids is 1. The number of hydrogen-bond donors (Lipinski definition) is 1. The predicted octanol–water partition coefficient (Wildman–Crippen LogP) is 4.59. The van der Waals surface area contributed by atoms with Crippen molar-refractivity contribution in [2.45, 2.75) is 51.4 Å². The second-order valence-electron chi connectivity index (χ2n) is 9.10. The van der Waals surface area contributed by atoms with Crippen molar-refractivity contribution in [1.82, 2.24) is 9.78 Å². The van der Waals surface area contributed by atoms with Crippen LogP contribution < -0.4 is 4.74 Å². The summed E-state index contributed by atoms with van der Waals surface area (Å²) in [6.07, 6.45) is 1.79. The maximum Gasteiger partial charge on any atom is 0.357 e. The lowest BCUT2D eigenvalue weighted by Gasteiger charge is -2.15. The summed E-state index contributed by atoms with van der Waals surface area (Å²) in [5.74, 6) is -0.381. The van der Waals surface area contributed by atoms with Gasteiger partial charge in [-0.2, -0.15) is 5.10 Å². The molecule has 3 aromatic rings. The third-order valence-corrected chi connectivity index (χ3v) is 7.15. The highest BCUT2D eigenvalue weighted by Gasteiger charge is 2.23. The van der Waals surface area contributed by atoms with Gasteiger partial charge < -0.3 is 14.6 Å². The summed E-state index contributed by atoms with van der Waals surface area (Å²) < 4.78 is 13.6. The molecule has 2 aromatic carbocycles. The van der Waals surface area contributed by atoms with E-state index in [0.29, 0.717) is 17.7 Å². The Kier molecular flexibility index (Phi) is 5.66. The Morgan fingerprint density at radius 3 is 2.50 bits per heavy atom. The smallest absolute Gasteiger partial charge is 0.357 e. The molecule has 0 spiro atoms. The standard InChI is InChI=1S/C23H28N2O4Si/c1-30(2,3)11-10-28-15-25-21-9-8-18(14-20(21)22(24-25)23(26)27)29-19-12-16-6-4-5-7-17(16)13-19/h4-9,14,19H,10-13,15H2,1-3H3,(H,26,27). The largest absolute Gasteiger partial charge is 0.490 e. The summed E-state index contributed by atoms with van der Waals surface area (Å²) in [7, 11) is -1.18. The second kappa shape index (κ2) is 8.24. The molecule has 158 valence electrons. The monoisotopic (exact) mass is 424 g/mol. The van der Waals surface area contributed by atoms with Crippen LogP contribution in [0.2, 0.25) is 25.7 Å². The Morgan fingerprint density at radius 1 is 1.17 bits per heavy atom. The van der Waals surface area contributed by atoms with Gasteiger partial charge in [-0.25, -0.2) is 9.48 Å². The minimum absolute atomic E-state index is 0.0268. The Hall–Kier alpha value is -2.64. The molecule has 0 saturated heterocycles. The van der Waals surface area contributed by atoms with E-state index in [9.17, 15) is 9.90 Å². The van der Waals surface area contributed by atoms with Crippen LogP contribution in [0.1, 0.15) is 21.6 Å². The van der Waals surface area contributed by atoms with Gasteiger partial charge in [0.15, 0.2) is 5.69 Å². The molecule has 4 rings (SSSR count). The fourth-order valence-corrected chi connectivity index (χ4v) is 4.57. The van der Waals surface area contributed by atoms with Crippen molar-refractivity contribution < 1.29 is 19.4 Å². The molecule has 0 amide bonds. The fourth-order valence-electron chi connectivity index (χ4n) is 3.81. The van der Waals surface area contributed by atoms with Crippen molar-refractivity contribution in [3.63, 3.8) is 0 Å². The number of nitrogens with zero attached hydrogens (tertiary/aromatic N) is 2. The average Bonchev–Trinajstić information content (AvgIpc) is 3.25. The number of rotatable bonds is 8. The molecule has 0 atom stereocenters. The topological polar surface area (TPSA) is 73.6 Å². The number of carbonyl (C=O) groups is 1. The molecule has 0 radical (unpaired) electrons. The van der Waals surface area contributed by atoms with Crippen LogP contribution in [-0.4, -0.2) is 41.6 Å². The summed E-state index contributed by atoms with van der Waals surface area (Å²) in [6, 6.07) is 15.0. The molecule has 0 aliphatic heterocycles. The molecule has 6 nitrogen and oxygen atoms in total. The number of aromatic carboxylic acids is 1. The van der Waals surface area contributed by atoms with E-state index in [-0.39, 0.29) is 18.5 Å². The molecular formula is C23H28N2O4Si. The quantitative estimate of drug-likeness (QED) is 0.423. The lowest BCUT2D eigenvalue weighted by atomic mass is 10.1. The van der Waals surface area contributed by atoms with Gasteiger partial charge in [0, 0.05) is 32.9 Å². The van der Waals surface area contributed by atoms with Crippen molar-refractivity contribution in [1.29, 1.82) is 0 Å². The Bertz CT molecular complexity index is 1050. The molecule has 1 aliphatic carbocycles. The molecule has 1 aliphatic rings. The summed E-state index contributed by atoms with van der Waals surface area (Å²) in [4.78, 5) is 11.7. The minimum atomic E-state index is -1.18. The maximum absolute atomic E-state index is 11.7. The van der Waals surface area contributed by atoms with Gasteiger partial charge in [0.1, 0.15) is 18.6 Å². The zero-order valence-corrected chi connectivity index (χ0v) is 18.7. The highest BCUT2D eigenvalue weighted by molar-refractivity contribution is 6.76. The fraction of sp³-hybridized carbons (Fsp3) is 0.391. The SMILES string of the molecule is C[Si](C)(C)CCOCn1nc(C(=O)O)c2cc(OC3Cc4ccccc4C3)ccc21. The normalized spacial score (nSPS) is 14.2. The van der Waals surface area contributed by atoms with Crippen LogP contribution in [0.25, 0.3) is 10.9 Å². The number of fused-ring (bicyclic) bond motifs is 2. The molecule has 0 bridgehead atoms. The van der Waals surface area contributed by atoms with Crippen LogP contribution in [0, 0.1) is 0 Å². The van der Waals surface area contributed by atoms with Crippen LogP contribution in [0.3, 0.4) is 0 Å². The first-order chi connectivity index (χ1) is 14.3. The first kappa shape index (κ1) is 20.6. The number of benzene rings is 2. The van der Waals surface area contributed by atoms with Crippen LogP contribution in [0.15, 0.2) is 42.5 Å². The van der Waals surface area contributed by atoms with E-state index >= 15 is 0 Å². The lowest BCUT2D eigenvalue weighted by molar-refractivity contribution is 0.0676.